The van der Waals surface area contributed by atoms with Crippen molar-refractivity contribution in [3.05, 3.63) is 53.1 Å². The molecule has 1 atom stereocenters. The lowest BCUT2D eigenvalue weighted by Gasteiger charge is -2.16. The van der Waals surface area contributed by atoms with Gasteiger partial charge in [0.05, 0.1) is 4.90 Å². The van der Waals surface area contributed by atoms with Crippen LogP contribution in [0.5, 0.6) is 5.75 Å². The maximum atomic E-state index is 12.9. The molecule has 16 heteroatoms. The van der Waals surface area contributed by atoms with Crippen LogP contribution in [-0.4, -0.2) is 40.5 Å². The Morgan fingerprint density at radius 3 is 2.06 bits per heavy atom. The van der Waals surface area contributed by atoms with Gasteiger partial charge in [-0.1, -0.05) is 23.7 Å². The van der Waals surface area contributed by atoms with Gasteiger partial charge in [-0.25, -0.2) is 8.42 Å². The van der Waals surface area contributed by atoms with Crippen LogP contribution in [0.2, 0.25) is 5.02 Å². The molecule has 2 rings (SSSR count). The zero-order valence-corrected chi connectivity index (χ0v) is 19.1. The van der Waals surface area contributed by atoms with Crippen molar-refractivity contribution in [1.82, 2.24) is 5.32 Å². The smallest absolute Gasteiger partial charge is 0.375 e. The Balaban J connectivity index is 2.33. The summed E-state index contributed by atoms with van der Waals surface area (Å²) in [6.45, 7) is 1.28. The average Bonchev–Trinajstić information content (AvgIpc) is 2.66. The van der Waals surface area contributed by atoms with Gasteiger partial charge in [0, 0.05) is 17.1 Å². The predicted octanol–water partition coefficient (Wildman–Crippen LogP) is 4.01. The van der Waals surface area contributed by atoms with Gasteiger partial charge in [-0.15, -0.1) is 0 Å². The first-order chi connectivity index (χ1) is 15.3. The van der Waals surface area contributed by atoms with Crippen LogP contribution in [0.25, 0.3) is 0 Å². The van der Waals surface area contributed by atoms with E-state index in [-0.39, 0.29) is 11.4 Å². The molecule has 0 aliphatic rings. The van der Waals surface area contributed by atoms with Crippen molar-refractivity contribution >= 4 is 37.5 Å². The largest absolute Gasteiger partial charge is 0.534 e. The van der Waals surface area contributed by atoms with Crippen LogP contribution < -0.4 is 9.50 Å². The van der Waals surface area contributed by atoms with E-state index in [2.05, 4.69) is 4.18 Å². The minimum atomic E-state index is -6.21. The van der Waals surface area contributed by atoms with Crippen LogP contribution >= 0.6 is 11.6 Å². The summed E-state index contributed by atoms with van der Waals surface area (Å²) in [5.74, 6) is -3.33. The van der Waals surface area contributed by atoms with Crippen molar-refractivity contribution in [2.75, 3.05) is 0 Å². The predicted molar refractivity (Wildman–Crippen MR) is 106 cm³/mol. The van der Waals surface area contributed by atoms with Gasteiger partial charge < -0.3 is 9.50 Å². The summed E-state index contributed by atoms with van der Waals surface area (Å²) in [7, 11) is -10.8. The molecule has 7 nitrogen and oxygen atoms in total. The lowest BCUT2D eigenvalue weighted by atomic mass is 10.1. The van der Waals surface area contributed by atoms with Crippen LogP contribution in [0.4, 0.5) is 26.3 Å². The summed E-state index contributed by atoms with van der Waals surface area (Å²) in [6.07, 6.45) is -5.19. The van der Waals surface area contributed by atoms with Crippen LogP contribution in [0.15, 0.2) is 52.3 Å². The van der Waals surface area contributed by atoms with Crippen molar-refractivity contribution in [3.8, 4) is 5.75 Å². The Hall–Kier alpha value is -2.52. The summed E-state index contributed by atoms with van der Waals surface area (Å²) >= 11 is 5.64. The van der Waals surface area contributed by atoms with Crippen LogP contribution in [0, 0.1) is 0 Å². The van der Waals surface area contributed by atoms with E-state index in [9.17, 15) is 48.0 Å². The fourth-order valence-corrected chi connectivity index (χ4v) is 4.62. The molecule has 1 N–H and O–H groups in total. The van der Waals surface area contributed by atoms with E-state index < -0.39 is 59.1 Å². The van der Waals surface area contributed by atoms with E-state index in [4.69, 9.17) is 11.6 Å². The molecule has 0 fully saturated rings. The molecule has 0 saturated carbocycles. The second-order valence-corrected chi connectivity index (χ2v) is 10.7. The van der Waals surface area contributed by atoms with E-state index in [1.54, 1.807) is 5.32 Å². The number of benzene rings is 2. The Kier molecular flexibility index (Phi) is 7.84. The molecule has 0 saturated heterocycles. The van der Waals surface area contributed by atoms with Gasteiger partial charge in [0.25, 0.3) is 0 Å². The van der Waals surface area contributed by atoms with Gasteiger partial charge in [-0.2, -0.15) is 34.8 Å². The van der Waals surface area contributed by atoms with Crippen LogP contribution in [0.3, 0.4) is 0 Å². The topological polar surface area (TPSA) is 107 Å². The normalized spacial score (nSPS) is 13.9. The number of carbonyl (C=O) groups excluding carboxylic acids is 1. The van der Waals surface area contributed by atoms with E-state index in [1.807, 2.05) is 0 Å². The standard InChI is InChI=1S/C18H14ClF6NO6S2/c1-10(26-16(27)17(20,21)22)8-11-2-5-13(6-3-11)33(28,29)15-7-4-12(19)9-14(15)32-34(30,31)18(23,24)25/h2-7,9-10H,8H2,1H3,(H,26,27)/t10-/m1/s1. The molecule has 0 aliphatic carbocycles. The number of sulfone groups is 1. The Labute approximate surface area is 194 Å². The first-order valence-corrected chi connectivity index (χ1v) is 12.1. The van der Waals surface area contributed by atoms with Crippen molar-refractivity contribution in [2.24, 2.45) is 0 Å². The van der Waals surface area contributed by atoms with E-state index in [0.29, 0.717) is 11.6 Å². The third-order valence-corrected chi connectivity index (χ3v) is 7.10. The molecule has 2 aromatic carbocycles. The molecule has 0 spiro atoms. The third-order valence-electron chi connectivity index (χ3n) is 4.09. The maximum absolute atomic E-state index is 12.9. The van der Waals surface area contributed by atoms with Crippen molar-refractivity contribution in [2.45, 2.75) is 40.9 Å². The quantitative estimate of drug-likeness (QED) is 0.315. The molecule has 0 radical (unpaired) electrons. The zero-order valence-electron chi connectivity index (χ0n) is 16.7. The molecule has 188 valence electrons. The number of nitrogens with one attached hydrogen (secondary N) is 1. The minimum absolute atomic E-state index is 0.110. The highest BCUT2D eigenvalue weighted by Gasteiger charge is 2.49. The molecule has 0 aromatic heterocycles. The fourth-order valence-electron chi connectivity index (χ4n) is 2.58. The van der Waals surface area contributed by atoms with Gasteiger partial charge in [0.2, 0.25) is 9.84 Å². The monoisotopic (exact) mass is 553 g/mol. The lowest BCUT2D eigenvalue weighted by molar-refractivity contribution is -0.174. The molecule has 2 aromatic rings. The highest BCUT2D eigenvalue weighted by atomic mass is 35.5. The molecular weight excluding hydrogens is 540 g/mol. The van der Waals surface area contributed by atoms with Crippen LogP contribution in [-0.2, 0) is 31.2 Å². The van der Waals surface area contributed by atoms with Gasteiger partial charge in [-0.3, -0.25) is 4.79 Å². The Morgan fingerprint density at radius 1 is 1.00 bits per heavy atom. The number of carbonyl (C=O) groups is 1. The summed E-state index contributed by atoms with van der Waals surface area (Å²) in [5.41, 5.74) is -5.52. The number of rotatable bonds is 7. The second kappa shape index (κ2) is 9.62. The third kappa shape index (κ3) is 6.54. The highest BCUT2D eigenvalue weighted by Crippen LogP contribution is 2.35. The number of hydrogen-bond donors (Lipinski definition) is 1. The number of hydrogen-bond acceptors (Lipinski definition) is 6. The first-order valence-electron chi connectivity index (χ1n) is 8.86. The number of alkyl halides is 6. The summed E-state index contributed by atoms with van der Waals surface area (Å²) in [5, 5.41) is 1.42. The van der Waals surface area contributed by atoms with Gasteiger partial charge in [0.1, 0.15) is 4.90 Å². The van der Waals surface area contributed by atoms with E-state index >= 15 is 0 Å². The summed E-state index contributed by atoms with van der Waals surface area (Å²) in [6, 6.07) is 5.75. The molecular formula is C18H14ClF6NO6S2. The van der Waals surface area contributed by atoms with E-state index in [0.717, 1.165) is 24.3 Å². The second-order valence-electron chi connectivity index (χ2n) is 6.80. The average molecular weight is 554 g/mol. The molecule has 0 bridgehead atoms. The SMILES string of the molecule is C[C@H](Cc1ccc(S(=O)(=O)c2ccc(Cl)cc2OS(=O)(=O)C(F)(F)F)cc1)NC(=O)C(F)(F)F. The number of halogens is 7. The first kappa shape index (κ1) is 27.7. The summed E-state index contributed by atoms with van der Waals surface area (Å²) in [4.78, 5) is 9.56. The Morgan fingerprint density at radius 2 is 1.56 bits per heavy atom. The van der Waals surface area contributed by atoms with Gasteiger partial charge in [-0.05, 0) is 43.2 Å². The molecule has 1 amide bonds. The lowest BCUT2D eigenvalue weighted by Crippen LogP contribution is -2.42. The molecule has 0 heterocycles. The van der Waals surface area contributed by atoms with Crippen molar-refractivity contribution < 1.29 is 52.2 Å². The zero-order chi connectivity index (χ0) is 26.1. The van der Waals surface area contributed by atoms with Crippen molar-refractivity contribution in [1.29, 1.82) is 0 Å². The molecule has 34 heavy (non-hydrogen) atoms. The Bertz CT molecular complexity index is 1280. The van der Waals surface area contributed by atoms with Crippen LogP contribution in [0.1, 0.15) is 12.5 Å². The molecule has 0 aliphatic heterocycles. The fraction of sp³-hybridized carbons (Fsp3) is 0.278. The highest BCUT2D eigenvalue weighted by molar-refractivity contribution is 7.91. The molecule has 0 unspecified atom stereocenters. The number of amides is 1. The van der Waals surface area contributed by atoms with Crippen molar-refractivity contribution in [3.63, 3.8) is 0 Å². The van der Waals surface area contributed by atoms with Gasteiger partial charge in [0.15, 0.2) is 5.75 Å². The summed E-state index contributed by atoms with van der Waals surface area (Å²) < 4.78 is 128. The minimum Gasteiger partial charge on any atom is -0.375 e. The van der Waals surface area contributed by atoms with Gasteiger partial charge >= 0.3 is 27.7 Å². The van der Waals surface area contributed by atoms with E-state index in [1.165, 1.54) is 19.1 Å². The maximum Gasteiger partial charge on any atom is 0.534 e.